The van der Waals surface area contributed by atoms with Gasteiger partial charge in [0.05, 0.1) is 37.2 Å². The molecule has 7 atom stereocenters. The minimum atomic E-state index is -1.37. The molecule has 0 saturated carbocycles. The lowest BCUT2D eigenvalue weighted by Gasteiger charge is -2.26. The first-order valence-electron chi connectivity index (χ1n) is 51.0. The molecular formula is C100H178N14O13S. The lowest BCUT2D eigenvalue weighted by atomic mass is 9.88. The third-order valence-electron chi connectivity index (χ3n) is 24.5. The maximum atomic E-state index is 14.9. The van der Waals surface area contributed by atoms with Gasteiger partial charge >= 0.3 is 17.6 Å². The number of nitrogens with one attached hydrogen (secondary N) is 6. The maximum absolute atomic E-state index is 14.9. The standard InChI is InChI=1S/C100H178N14O13S/c1-5-9-13-16-19-22-25-28-31-34-37-40-43-58-90(119)108-86(77-128-76-83(127-92(121)60-45-42-39-36-33-30-27-24-21-18-15-11-7-3)75-126-91(120)59-44-41-38-35-32-29-26-23-20-17-14-10-6-2)89(118)72-81(74-115)98(124)110-85(57-49-53-68-104)88(117)71-80(55-47-51-66-102)97(123)109-84(56-48-52-67-103)87(116)70-79(54-46-50-65-101)96(122)107-82-63-61-78(62-64-82)73-114-95-93(111-100(114)125)94(105)112-99(113-95)106-69-12-8-4/h61-64,79-81,83-86,115H,5-60,65-77,101-104H2,1-4H3,(H,107,122)(H,108,119)(H,109,123)(H,110,124)(H,111,125)(H3,105,106,112,113)/t79-,80-,81+,83?,84+,85+,86+/m1/s1. The highest BCUT2D eigenvalue weighted by Crippen LogP contribution is 2.27. The van der Waals surface area contributed by atoms with Gasteiger partial charge < -0.3 is 74.8 Å². The molecule has 17 N–H and O–H groups in total. The number of fused-ring (bicyclic) bond motifs is 1. The summed E-state index contributed by atoms with van der Waals surface area (Å²) < 4.78 is 13.4. The number of rotatable bonds is 88. The predicted molar refractivity (Wildman–Crippen MR) is 523 cm³/mol. The Labute approximate surface area is 774 Å². The van der Waals surface area contributed by atoms with Crippen LogP contribution in [0.5, 0.6) is 0 Å². The van der Waals surface area contributed by atoms with E-state index in [1.807, 2.05) is 0 Å². The minimum Gasteiger partial charge on any atom is -0.462 e. The van der Waals surface area contributed by atoms with Crippen LogP contribution in [0.3, 0.4) is 0 Å². The van der Waals surface area contributed by atoms with Crippen LogP contribution in [0.15, 0.2) is 29.1 Å². The molecule has 0 radical (unpaired) electrons. The smallest absolute Gasteiger partial charge is 0.328 e. The first kappa shape index (κ1) is 115. The van der Waals surface area contributed by atoms with Crippen LogP contribution in [0.2, 0.25) is 0 Å². The van der Waals surface area contributed by atoms with Crippen molar-refractivity contribution in [1.82, 2.24) is 35.5 Å². The van der Waals surface area contributed by atoms with Crippen molar-refractivity contribution in [2.45, 2.75) is 437 Å². The molecule has 3 rings (SSSR count). The van der Waals surface area contributed by atoms with Gasteiger partial charge in [0.1, 0.15) is 18.2 Å². The Morgan fingerprint density at radius 1 is 0.438 bits per heavy atom. The number of Topliss-reactive ketones (excluding diaryl/α,β-unsaturated/α-hetero) is 3. The molecule has 0 saturated heterocycles. The number of amides is 4. The number of nitrogens with zero attached hydrogens (tertiary/aromatic N) is 3. The van der Waals surface area contributed by atoms with E-state index in [9.17, 15) is 53.1 Å². The summed E-state index contributed by atoms with van der Waals surface area (Å²) in [7, 11) is 0. The molecule has 3 aromatic rings. The van der Waals surface area contributed by atoms with E-state index in [-0.39, 0.29) is 106 Å². The summed E-state index contributed by atoms with van der Waals surface area (Å²) in [6, 6.07) is 3.57. The van der Waals surface area contributed by atoms with Crippen LogP contribution >= 0.6 is 11.8 Å². The minimum absolute atomic E-state index is 0.00413. The number of benzene rings is 1. The van der Waals surface area contributed by atoms with Crippen LogP contribution in [0.25, 0.3) is 11.2 Å². The third-order valence-corrected chi connectivity index (χ3v) is 25.7. The number of thioether (sulfide) groups is 1. The van der Waals surface area contributed by atoms with Crippen LogP contribution in [0, 0.1) is 17.8 Å². The van der Waals surface area contributed by atoms with E-state index in [2.05, 4.69) is 69.2 Å². The number of aliphatic hydroxyl groups excluding tert-OH is 1. The lowest BCUT2D eigenvalue weighted by Crippen LogP contribution is -2.49. The Morgan fingerprint density at radius 2 is 0.828 bits per heavy atom. The number of aliphatic hydroxyl groups is 1. The van der Waals surface area contributed by atoms with E-state index in [0.29, 0.717) is 126 Å². The van der Waals surface area contributed by atoms with E-state index in [0.717, 1.165) is 82.6 Å². The van der Waals surface area contributed by atoms with Crippen LogP contribution in [-0.4, -0.2) is 159 Å². The van der Waals surface area contributed by atoms with Gasteiger partial charge in [0, 0.05) is 74.1 Å². The number of nitrogen functional groups attached to an aromatic ring is 1. The number of imidazole rings is 1. The van der Waals surface area contributed by atoms with Gasteiger partial charge in [-0.2, -0.15) is 21.7 Å². The first-order valence-corrected chi connectivity index (χ1v) is 52.2. The molecule has 0 bridgehead atoms. The molecule has 2 aromatic heterocycles. The molecule has 2 heterocycles. The average Bonchev–Trinajstić information content (AvgIpc) is 1.63. The Morgan fingerprint density at radius 3 is 1.27 bits per heavy atom. The zero-order valence-electron chi connectivity index (χ0n) is 80.1. The largest absolute Gasteiger partial charge is 0.462 e. The number of hydrogen-bond acceptors (Lipinski definition) is 22. The fourth-order valence-corrected chi connectivity index (χ4v) is 17.4. The van der Waals surface area contributed by atoms with Crippen LogP contribution in [0.4, 0.5) is 17.5 Å². The Balaban J connectivity index is 1.85. The number of H-pyrrole nitrogens is 1. The number of ketones is 3. The molecule has 0 aliphatic rings. The molecular weight excluding hydrogens is 1640 g/mol. The van der Waals surface area contributed by atoms with Crippen molar-refractivity contribution >= 4 is 93.3 Å². The summed E-state index contributed by atoms with van der Waals surface area (Å²) in [4.78, 5) is 154. The molecule has 4 amide bonds. The lowest BCUT2D eigenvalue weighted by molar-refractivity contribution is -0.157. The number of nitrogens with two attached hydrogens (primary N) is 5. The number of aromatic amines is 1. The van der Waals surface area contributed by atoms with Crippen LogP contribution in [0.1, 0.15) is 412 Å². The van der Waals surface area contributed by atoms with E-state index in [4.69, 9.17) is 38.1 Å². The summed E-state index contributed by atoms with van der Waals surface area (Å²) in [5.74, 6) is -6.92. The topological polar surface area (TPSA) is 446 Å². The molecule has 128 heavy (non-hydrogen) atoms. The quantitative estimate of drug-likeness (QED) is 0.0184. The van der Waals surface area contributed by atoms with Gasteiger partial charge in [0.25, 0.3) is 0 Å². The second-order valence-electron chi connectivity index (χ2n) is 36.1. The number of unbranched alkanes of at least 4 members (excludes halogenated alkanes) is 41. The summed E-state index contributed by atoms with van der Waals surface area (Å²) >= 11 is 1.25. The highest BCUT2D eigenvalue weighted by atomic mass is 32.2. The number of hydrogen-bond donors (Lipinski definition) is 12. The number of esters is 2. The number of carbonyl (C=O) groups excluding carboxylic acids is 9. The number of aromatic nitrogens is 4. The molecule has 0 aliphatic carbocycles. The molecule has 732 valence electrons. The second-order valence-corrected chi connectivity index (χ2v) is 37.2. The number of anilines is 3. The van der Waals surface area contributed by atoms with Gasteiger partial charge in [0.2, 0.25) is 29.6 Å². The fourth-order valence-electron chi connectivity index (χ4n) is 16.4. The Bertz CT molecular complexity index is 3490. The Kier molecular flexibility index (Phi) is 69.1. The van der Waals surface area contributed by atoms with E-state index >= 15 is 0 Å². The number of ether oxygens (including phenoxy) is 2. The van der Waals surface area contributed by atoms with Gasteiger partial charge in [-0.05, 0) is 134 Å². The first-order chi connectivity index (χ1) is 62.3. The van der Waals surface area contributed by atoms with Crippen LogP contribution in [-0.2, 0) is 59.2 Å². The highest BCUT2D eigenvalue weighted by Gasteiger charge is 2.35. The van der Waals surface area contributed by atoms with E-state index < -0.39 is 96.0 Å². The van der Waals surface area contributed by atoms with Crippen molar-refractivity contribution in [1.29, 1.82) is 0 Å². The van der Waals surface area contributed by atoms with Crippen molar-refractivity contribution in [2.75, 3.05) is 73.8 Å². The van der Waals surface area contributed by atoms with Crippen molar-refractivity contribution in [3.8, 4) is 0 Å². The molecule has 27 nitrogen and oxygen atoms in total. The highest BCUT2D eigenvalue weighted by molar-refractivity contribution is 7.99. The predicted octanol–water partition coefficient (Wildman–Crippen LogP) is 18.2. The molecule has 1 unspecified atom stereocenters. The van der Waals surface area contributed by atoms with Gasteiger partial charge in [-0.3, -0.25) is 47.7 Å². The molecule has 0 aliphatic heterocycles. The molecule has 0 fully saturated rings. The van der Waals surface area contributed by atoms with Crippen molar-refractivity contribution in [2.24, 2.45) is 40.7 Å². The van der Waals surface area contributed by atoms with Gasteiger partial charge in [-0.25, -0.2) is 4.79 Å². The van der Waals surface area contributed by atoms with Gasteiger partial charge in [-0.1, -0.05) is 290 Å². The van der Waals surface area contributed by atoms with Crippen molar-refractivity contribution < 1.29 is 57.7 Å². The summed E-state index contributed by atoms with van der Waals surface area (Å²) in [5, 5.41) is 26.0. The number of carbonyl (C=O) groups is 9. The van der Waals surface area contributed by atoms with Gasteiger partial charge in [-0.15, -0.1) is 0 Å². The molecule has 28 heteroatoms. The second kappa shape index (κ2) is 76.7. The SMILES string of the molecule is CCCCCCCCCCCCCCCC(=O)N[C@@H](CSCC(COC(=O)CCCCCCCCCCCCCCC)OC(=O)CCCCCCCCCCCCCCC)C(=O)C[C@@H](CO)C(=O)N[C@@H](CCCCN)C(=O)C[C@@H](CCCCN)C(=O)N[C@@H](CCCCN)C(=O)C[C@@H](CCCCN)C(=O)Nc1ccc(Cn2c(=O)[nH]c3c(N)nc(NCCCC)nc32)cc1. The van der Waals surface area contributed by atoms with Gasteiger partial charge in [0.15, 0.2) is 28.8 Å². The average molecular weight is 1820 g/mol. The summed E-state index contributed by atoms with van der Waals surface area (Å²) in [5.41, 5.74) is 31.5. The summed E-state index contributed by atoms with van der Waals surface area (Å²) in [6.07, 6.45) is 50.4. The third kappa shape index (κ3) is 54.8. The van der Waals surface area contributed by atoms with Crippen molar-refractivity contribution in [3.05, 3.63) is 40.3 Å². The maximum Gasteiger partial charge on any atom is 0.328 e. The van der Waals surface area contributed by atoms with E-state index in [1.54, 1.807) is 24.3 Å². The molecule has 0 spiro atoms. The zero-order chi connectivity index (χ0) is 93.3. The van der Waals surface area contributed by atoms with Crippen molar-refractivity contribution in [3.63, 3.8) is 0 Å². The normalized spacial score (nSPS) is 13.2. The summed E-state index contributed by atoms with van der Waals surface area (Å²) in [6.45, 7) is 9.87. The molecule has 1 aromatic carbocycles. The van der Waals surface area contributed by atoms with Crippen LogP contribution < -0.4 is 60.9 Å². The van der Waals surface area contributed by atoms with E-state index in [1.165, 1.54) is 183 Å². The zero-order valence-corrected chi connectivity index (χ0v) is 80.9. The Hall–Kier alpha value is -6.85. The fraction of sp³-hybridized carbons (Fsp3) is 0.800. The monoisotopic (exact) mass is 1820 g/mol.